The van der Waals surface area contributed by atoms with Crippen molar-refractivity contribution in [3.8, 4) is 12.3 Å². The van der Waals surface area contributed by atoms with Crippen LogP contribution < -0.4 is 0 Å². The Hall–Kier alpha value is -1.57. The highest BCUT2D eigenvalue weighted by Crippen LogP contribution is 2.11. The molecule has 0 fully saturated rings. The van der Waals surface area contributed by atoms with Gasteiger partial charge in [0.1, 0.15) is 0 Å². The zero-order valence-electron chi connectivity index (χ0n) is 11.3. The van der Waals surface area contributed by atoms with E-state index in [1.807, 2.05) is 38.1 Å². The maximum absolute atomic E-state index is 12.3. The zero-order chi connectivity index (χ0) is 14.3. The fraction of sp³-hybridized carbons (Fsp3) is 0.333. The number of hydrogen-bond donors (Lipinski definition) is 0. The predicted octanol–water partition coefficient (Wildman–Crippen LogP) is 2.42. The summed E-state index contributed by atoms with van der Waals surface area (Å²) in [5, 5.41) is 0. The summed E-state index contributed by atoms with van der Waals surface area (Å²) in [6.45, 7) is 4.27. The first kappa shape index (κ1) is 15.5. The number of benzene rings is 1. The lowest BCUT2D eigenvalue weighted by Crippen LogP contribution is -2.32. The van der Waals surface area contributed by atoms with Crippen LogP contribution in [0.5, 0.6) is 0 Å². The van der Waals surface area contributed by atoms with Gasteiger partial charge in [0.15, 0.2) is 0 Å². The van der Waals surface area contributed by atoms with Gasteiger partial charge in [-0.25, -0.2) is 8.42 Å². The highest BCUT2D eigenvalue weighted by atomic mass is 32.2. The smallest absolute Gasteiger partial charge is 0.212 e. The highest BCUT2D eigenvalue weighted by molar-refractivity contribution is 7.88. The third-order valence-corrected chi connectivity index (χ3v) is 4.32. The van der Waals surface area contributed by atoms with Gasteiger partial charge >= 0.3 is 0 Å². The number of allylic oxidation sites excluding steroid dienone is 1. The Kier molecular flexibility index (Phi) is 5.81. The van der Waals surface area contributed by atoms with Crippen LogP contribution in [0.15, 0.2) is 42.0 Å². The topological polar surface area (TPSA) is 37.4 Å². The summed E-state index contributed by atoms with van der Waals surface area (Å²) in [7, 11) is -3.39. The van der Waals surface area contributed by atoms with Gasteiger partial charge in [-0.3, -0.25) is 0 Å². The molecule has 0 saturated heterocycles. The summed E-state index contributed by atoms with van der Waals surface area (Å²) in [4.78, 5) is 0. The predicted molar refractivity (Wildman–Crippen MR) is 78.9 cm³/mol. The minimum Gasteiger partial charge on any atom is -0.212 e. The molecule has 0 unspecified atom stereocenters. The molecule has 3 nitrogen and oxygen atoms in total. The van der Waals surface area contributed by atoms with E-state index in [0.717, 1.165) is 11.1 Å². The van der Waals surface area contributed by atoms with Gasteiger partial charge in [0, 0.05) is 6.54 Å². The molecule has 0 aliphatic carbocycles. The van der Waals surface area contributed by atoms with Crippen LogP contribution in [0.3, 0.4) is 0 Å². The van der Waals surface area contributed by atoms with Gasteiger partial charge in [-0.15, -0.1) is 6.42 Å². The lowest BCUT2D eigenvalue weighted by Gasteiger charge is -2.18. The molecule has 0 aliphatic heterocycles. The second kappa shape index (κ2) is 7.13. The lowest BCUT2D eigenvalue weighted by atomic mass is 10.2. The van der Waals surface area contributed by atoms with E-state index in [9.17, 15) is 8.42 Å². The molecule has 19 heavy (non-hydrogen) atoms. The second-order valence-electron chi connectivity index (χ2n) is 4.52. The molecule has 0 bridgehead atoms. The van der Waals surface area contributed by atoms with Crippen LogP contribution in [0.4, 0.5) is 0 Å². The van der Waals surface area contributed by atoms with Crippen LogP contribution in [0.1, 0.15) is 19.4 Å². The largest absolute Gasteiger partial charge is 0.219 e. The van der Waals surface area contributed by atoms with Crippen molar-refractivity contribution in [3.05, 3.63) is 47.5 Å². The molecule has 102 valence electrons. The van der Waals surface area contributed by atoms with Crippen molar-refractivity contribution >= 4 is 10.0 Å². The molecule has 0 saturated carbocycles. The molecule has 0 N–H and O–H groups in total. The third-order valence-electron chi connectivity index (χ3n) is 2.56. The molecule has 0 heterocycles. The summed E-state index contributed by atoms with van der Waals surface area (Å²) >= 11 is 0. The van der Waals surface area contributed by atoms with Gasteiger partial charge in [0.25, 0.3) is 0 Å². The first-order valence-electron chi connectivity index (χ1n) is 6.04. The molecule has 4 heteroatoms. The SMILES string of the molecule is C#CCN(CC=C(C)C)S(=O)(=O)Cc1ccccc1. The average Bonchev–Trinajstić information content (AvgIpc) is 2.34. The van der Waals surface area contributed by atoms with Crippen molar-refractivity contribution in [2.45, 2.75) is 19.6 Å². The van der Waals surface area contributed by atoms with E-state index in [-0.39, 0.29) is 12.3 Å². The number of hydrogen-bond acceptors (Lipinski definition) is 2. The minimum absolute atomic E-state index is 0.0217. The highest BCUT2D eigenvalue weighted by Gasteiger charge is 2.20. The standard InChI is InChI=1S/C15H19NO2S/c1-4-11-16(12-10-14(2)3)19(17,18)13-15-8-6-5-7-9-15/h1,5-10H,11-13H2,2-3H3. The summed E-state index contributed by atoms with van der Waals surface area (Å²) in [5.74, 6) is 2.38. The van der Waals surface area contributed by atoms with E-state index < -0.39 is 10.0 Å². The Morgan fingerprint density at radius 1 is 1.32 bits per heavy atom. The molecule has 0 spiro atoms. The number of rotatable bonds is 6. The molecule has 1 rings (SSSR count). The van der Waals surface area contributed by atoms with Crippen LogP contribution in [0, 0.1) is 12.3 Å². The molecular formula is C15H19NO2S. The van der Waals surface area contributed by atoms with Gasteiger partial charge in [0.2, 0.25) is 10.0 Å². The van der Waals surface area contributed by atoms with E-state index in [2.05, 4.69) is 5.92 Å². The van der Waals surface area contributed by atoms with Crippen LogP contribution in [0.25, 0.3) is 0 Å². The van der Waals surface area contributed by atoms with Gasteiger partial charge in [-0.2, -0.15) is 4.31 Å². The molecule has 0 aliphatic rings. The average molecular weight is 277 g/mol. The monoisotopic (exact) mass is 277 g/mol. The van der Waals surface area contributed by atoms with E-state index in [4.69, 9.17) is 6.42 Å². The molecule has 1 aromatic carbocycles. The van der Waals surface area contributed by atoms with Gasteiger partial charge < -0.3 is 0 Å². The van der Waals surface area contributed by atoms with Crippen molar-refractivity contribution in [1.82, 2.24) is 4.31 Å². The Morgan fingerprint density at radius 2 is 1.95 bits per heavy atom. The van der Waals surface area contributed by atoms with E-state index in [1.54, 1.807) is 12.1 Å². The van der Waals surface area contributed by atoms with Crippen LogP contribution in [-0.4, -0.2) is 25.8 Å². The molecule has 0 aromatic heterocycles. The van der Waals surface area contributed by atoms with Gasteiger partial charge in [0.05, 0.1) is 12.3 Å². The van der Waals surface area contributed by atoms with Crippen molar-refractivity contribution < 1.29 is 8.42 Å². The third kappa shape index (κ3) is 5.29. The molecule has 1 aromatic rings. The van der Waals surface area contributed by atoms with Crippen LogP contribution in [0.2, 0.25) is 0 Å². The normalized spacial score (nSPS) is 11.1. The summed E-state index contributed by atoms with van der Waals surface area (Å²) < 4.78 is 25.9. The van der Waals surface area contributed by atoms with Gasteiger partial charge in [-0.05, 0) is 19.4 Å². The molecule has 0 amide bonds. The number of terminal acetylenes is 1. The van der Waals surface area contributed by atoms with Crippen molar-refractivity contribution in [3.63, 3.8) is 0 Å². The van der Waals surface area contributed by atoms with Crippen molar-refractivity contribution in [1.29, 1.82) is 0 Å². The molecular weight excluding hydrogens is 258 g/mol. The maximum atomic E-state index is 12.3. The van der Waals surface area contributed by atoms with Crippen LogP contribution in [-0.2, 0) is 15.8 Å². The second-order valence-corrected chi connectivity index (χ2v) is 6.49. The molecule has 0 atom stereocenters. The fourth-order valence-corrected chi connectivity index (χ4v) is 2.91. The number of nitrogens with zero attached hydrogens (tertiary/aromatic N) is 1. The minimum atomic E-state index is -3.39. The van der Waals surface area contributed by atoms with Crippen LogP contribution >= 0.6 is 0 Å². The summed E-state index contributed by atoms with van der Waals surface area (Å²) in [6.07, 6.45) is 7.11. The Bertz CT molecular complexity index is 564. The summed E-state index contributed by atoms with van der Waals surface area (Å²) in [6, 6.07) is 9.11. The maximum Gasteiger partial charge on any atom is 0.219 e. The zero-order valence-corrected chi connectivity index (χ0v) is 12.2. The Balaban J connectivity index is 2.88. The number of sulfonamides is 1. The summed E-state index contributed by atoms with van der Waals surface area (Å²) in [5.41, 5.74) is 1.83. The van der Waals surface area contributed by atoms with E-state index in [1.165, 1.54) is 4.31 Å². The first-order chi connectivity index (χ1) is 8.95. The molecule has 0 radical (unpaired) electrons. The van der Waals surface area contributed by atoms with E-state index >= 15 is 0 Å². The first-order valence-corrected chi connectivity index (χ1v) is 7.65. The Morgan fingerprint density at radius 3 is 2.47 bits per heavy atom. The Labute approximate surface area is 116 Å². The van der Waals surface area contributed by atoms with Crippen molar-refractivity contribution in [2.75, 3.05) is 13.1 Å². The van der Waals surface area contributed by atoms with E-state index in [0.29, 0.717) is 6.54 Å². The van der Waals surface area contributed by atoms with Crippen molar-refractivity contribution in [2.24, 2.45) is 0 Å². The fourth-order valence-electron chi connectivity index (χ4n) is 1.54. The quantitative estimate of drug-likeness (QED) is 0.591. The lowest BCUT2D eigenvalue weighted by molar-refractivity contribution is 0.476. The van der Waals surface area contributed by atoms with Gasteiger partial charge in [-0.1, -0.05) is 47.9 Å².